The van der Waals surface area contributed by atoms with Crippen LogP contribution in [-0.2, 0) is 4.74 Å². The minimum atomic E-state index is -0.419. The predicted molar refractivity (Wildman–Crippen MR) is 72.7 cm³/mol. The van der Waals surface area contributed by atoms with Crippen LogP contribution >= 0.6 is 0 Å². The highest BCUT2D eigenvalue weighted by atomic mass is 16.6. The van der Waals surface area contributed by atoms with Gasteiger partial charge in [0.2, 0.25) is 0 Å². The number of nitrogens with one attached hydrogen (secondary N) is 3. The van der Waals surface area contributed by atoms with Gasteiger partial charge in [0.05, 0.1) is 0 Å². The number of hydrogen-bond donors (Lipinski definition) is 3. The van der Waals surface area contributed by atoms with Gasteiger partial charge >= 0.3 is 6.09 Å². The Hall–Kier alpha value is -0.810. The summed E-state index contributed by atoms with van der Waals surface area (Å²) in [6.45, 7) is 9.41. The maximum atomic E-state index is 11.4. The average Bonchev–Trinajstić information content (AvgIpc) is 2.27. The molecule has 3 N–H and O–H groups in total. The lowest BCUT2D eigenvalue weighted by Gasteiger charge is -2.24. The highest BCUT2D eigenvalue weighted by Gasteiger charge is 2.15. The molecule has 1 rings (SSSR count). The van der Waals surface area contributed by atoms with Gasteiger partial charge in [-0.3, -0.25) is 0 Å². The van der Waals surface area contributed by atoms with Crippen molar-refractivity contribution in [3.8, 4) is 0 Å². The molecule has 0 saturated carbocycles. The fraction of sp³-hybridized carbons (Fsp3) is 0.923. The lowest BCUT2D eigenvalue weighted by Crippen LogP contribution is -2.41. The molecule has 5 nitrogen and oxygen atoms in total. The topological polar surface area (TPSA) is 62.4 Å². The summed E-state index contributed by atoms with van der Waals surface area (Å²) >= 11 is 0. The van der Waals surface area contributed by atoms with Gasteiger partial charge in [-0.05, 0) is 59.7 Å². The van der Waals surface area contributed by atoms with E-state index in [1.165, 1.54) is 12.8 Å². The molecule has 1 saturated heterocycles. The summed E-state index contributed by atoms with van der Waals surface area (Å²) in [6, 6.07) is 0.632. The fourth-order valence-electron chi connectivity index (χ4n) is 1.93. The van der Waals surface area contributed by atoms with Gasteiger partial charge in [0, 0.05) is 12.6 Å². The summed E-state index contributed by atoms with van der Waals surface area (Å²) in [5.41, 5.74) is -0.419. The maximum absolute atomic E-state index is 11.4. The minimum absolute atomic E-state index is 0.329. The highest BCUT2D eigenvalue weighted by Crippen LogP contribution is 2.06. The van der Waals surface area contributed by atoms with Crippen molar-refractivity contribution < 1.29 is 9.53 Å². The molecule has 0 radical (unpaired) electrons. The number of ether oxygens (including phenoxy) is 1. The van der Waals surface area contributed by atoms with Crippen LogP contribution in [0.5, 0.6) is 0 Å². The van der Waals surface area contributed by atoms with Gasteiger partial charge in [-0.1, -0.05) is 0 Å². The van der Waals surface area contributed by atoms with Gasteiger partial charge in [-0.25, -0.2) is 4.79 Å². The molecule has 5 heteroatoms. The molecule has 0 aliphatic carbocycles. The summed E-state index contributed by atoms with van der Waals surface area (Å²) < 4.78 is 5.16. The molecule has 0 spiro atoms. The van der Waals surface area contributed by atoms with Crippen molar-refractivity contribution in [2.45, 2.75) is 51.7 Å². The van der Waals surface area contributed by atoms with Crippen molar-refractivity contribution in [1.82, 2.24) is 16.0 Å². The molecule has 0 aromatic heterocycles. The Morgan fingerprint density at radius 1 is 1.28 bits per heavy atom. The molecule has 0 atom stereocenters. The quantitative estimate of drug-likeness (QED) is 0.649. The Morgan fingerprint density at radius 3 is 2.56 bits per heavy atom. The van der Waals surface area contributed by atoms with Crippen molar-refractivity contribution in [1.29, 1.82) is 0 Å². The number of rotatable bonds is 5. The molecule has 1 fully saturated rings. The average molecular weight is 257 g/mol. The number of carbonyl (C=O) groups is 1. The molecule has 0 aromatic rings. The second-order valence-corrected chi connectivity index (χ2v) is 5.76. The number of carbonyl (C=O) groups excluding carboxylic acids is 1. The van der Waals surface area contributed by atoms with Gasteiger partial charge in [-0.15, -0.1) is 0 Å². The molecule has 1 amide bonds. The normalized spacial score (nSPS) is 17.5. The van der Waals surface area contributed by atoms with Gasteiger partial charge in [0.1, 0.15) is 5.60 Å². The zero-order valence-corrected chi connectivity index (χ0v) is 11.8. The van der Waals surface area contributed by atoms with E-state index in [0.29, 0.717) is 12.6 Å². The third kappa shape index (κ3) is 7.50. The molecule has 1 heterocycles. The van der Waals surface area contributed by atoms with Crippen LogP contribution in [0.3, 0.4) is 0 Å². The van der Waals surface area contributed by atoms with Crippen LogP contribution in [0.15, 0.2) is 0 Å². The van der Waals surface area contributed by atoms with E-state index in [0.717, 1.165) is 26.1 Å². The standard InChI is InChI=1S/C13H27N3O2/c1-13(2,3)18-12(17)16-8-4-7-15-11-5-9-14-10-6-11/h11,14-15H,4-10H2,1-3H3,(H,16,17). The van der Waals surface area contributed by atoms with Crippen LogP contribution in [0.4, 0.5) is 4.79 Å². The maximum Gasteiger partial charge on any atom is 0.407 e. The molecule has 0 bridgehead atoms. The Kier molecular flexibility index (Phi) is 6.43. The van der Waals surface area contributed by atoms with E-state index in [-0.39, 0.29) is 6.09 Å². The van der Waals surface area contributed by atoms with Gasteiger partial charge < -0.3 is 20.7 Å². The van der Waals surface area contributed by atoms with E-state index in [9.17, 15) is 4.79 Å². The summed E-state index contributed by atoms with van der Waals surface area (Å²) in [5.74, 6) is 0. The van der Waals surface area contributed by atoms with E-state index >= 15 is 0 Å². The van der Waals surface area contributed by atoms with E-state index in [2.05, 4.69) is 16.0 Å². The number of piperidine rings is 1. The molecule has 1 aliphatic heterocycles. The SMILES string of the molecule is CC(C)(C)OC(=O)NCCCNC1CCNCC1. The van der Waals surface area contributed by atoms with Crippen LogP contribution in [0, 0.1) is 0 Å². The smallest absolute Gasteiger partial charge is 0.407 e. The van der Waals surface area contributed by atoms with Crippen molar-refractivity contribution in [2.24, 2.45) is 0 Å². The Bertz CT molecular complexity index is 245. The minimum Gasteiger partial charge on any atom is -0.444 e. The summed E-state index contributed by atoms with van der Waals surface area (Å²) in [5, 5.41) is 9.61. The van der Waals surface area contributed by atoms with Crippen molar-refractivity contribution in [3.63, 3.8) is 0 Å². The summed E-state index contributed by atoms with van der Waals surface area (Å²) in [6.07, 6.45) is 2.99. The molecule has 0 aromatic carbocycles. The first-order valence-corrected chi connectivity index (χ1v) is 6.88. The Morgan fingerprint density at radius 2 is 1.94 bits per heavy atom. The van der Waals surface area contributed by atoms with Crippen molar-refractivity contribution in [3.05, 3.63) is 0 Å². The number of amides is 1. The third-order valence-electron chi connectivity index (χ3n) is 2.79. The van der Waals surface area contributed by atoms with Crippen LogP contribution in [-0.4, -0.2) is 43.9 Å². The van der Waals surface area contributed by atoms with Crippen LogP contribution in [0.1, 0.15) is 40.0 Å². The van der Waals surface area contributed by atoms with E-state index in [1.54, 1.807) is 0 Å². The molecular formula is C13H27N3O2. The summed E-state index contributed by atoms with van der Waals surface area (Å²) in [7, 11) is 0. The second-order valence-electron chi connectivity index (χ2n) is 5.76. The van der Waals surface area contributed by atoms with Gasteiger partial charge in [0.25, 0.3) is 0 Å². The van der Waals surface area contributed by atoms with Crippen molar-refractivity contribution >= 4 is 6.09 Å². The molecular weight excluding hydrogens is 230 g/mol. The molecule has 18 heavy (non-hydrogen) atoms. The Balaban J connectivity index is 1.96. The highest BCUT2D eigenvalue weighted by molar-refractivity contribution is 5.67. The van der Waals surface area contributed by atoms with Crippen LogP contribution in [0.2, 0.25) is 0 Å². The molecule has 1 aliphatic rings. The van der Waals surface area contributed by atoms with E-state index < -0.39 is 5.60 Å². The fourth-order valence-corrected chi connectivity index (χ4v) is 1.93. The van der Waals surface area contributed by atoms with Crippen LogP contribution < -0.4 is 16.0 Å². The first kappa shape index (κ1) is 15.2. The molecule has 106 valence electrons. The Labute approximate surface area is 110 Å². The van der Waals surface area contributed by atoms with Gasteiger partial charge in [0.15, 0.2) is 0 Å². The van der Waals surface area contributed by atoms with Gasteiger partial charge in [-0.2, -0.15) is 0 Å². The zero-order valence-electron chi connectivity index (χ0n) is 11.8. The lowest BCUT2D eigenvalue weighted by atomic mass is 10.1. The summed E-state index contributed by atoms with van der Waals surface area (Å²) in [4.78, 5) is 11.4. The first-order valence-electron chi connectivity index (χ1n) is 6.88. The number of hydrogen-bond acceptors (Lipinski definition) is 4. The van der Waals surface area contributed by atoms with E-state index in [1.807, 2.05) is 20.8 Å². The lowest BCUT2D eigenvalue weighted by molar-refractivity contribution is 0.0527. The monoisotopic (exact) mass is 257 g/mol. The zero-order chi connectivity index (χ0) is 13.4. The van der Waals surface area contributed by atoms with Crippen molar-refractivity contribution in [2.75, 3.05) is 26.2 Å². The number of alkyl carbamates (subject to hydrolysis) is 1. The van der Waals surface area contributed by atoms with Crippen LogP contribution in [0.25, 0.3) is 0 Å². The largest absolute Gasteiger partial charge is 0.444 e. The third-order valence-corrected chi connectivity index (χ3v) is 2.79. The first-order chi connectivity index (χ1) is 8.47. The predicted octanol–water partition coefficient (Wildman–Crippen LogP) is 1.24. The second kappa shape index (κ2) is 7.59. The van der Waals surface area contributed by atoms with E-state index in [4.69, 9.17) is 4.74 Å². The molecule has 0 unspecified atom stereocenters.